The molecule has 0 saturated heterocycles. The smallest absolute Gasteiger partial charge is 0.145 e. The van der Waals surface area contributed by atoms with Gasteiger partial charge in [0, 0.05) is 60.7 Å². The molecule has 14 rings (SSSR count). The van der Waals surface area contributed by atoms with Gasteiger partial charge in [-0.3, -0.25) is 4.57 Å². The van der Waals surface area contributed by atoms with Crippen LogP contribution < -0.4 is 0 Å². The maximum absolute atomic E-state index is 11.9. The van der Waals surface area contributed by atoms with Crippen LogP contribution >= 0.6 is 0 Å². The summed E-state index contributed by atoms with van der Waals surface area (Å²) in [7, 11) is 0. The summed E-state index contributed by atoms with van der Waals surface area (Å²) in [4.78, 5) is 11.2. The van der Waals surface area contributed by atoms with E-state index in [0.717, 1.165) is 128 Å². The number of aromatic hydroxyl groups is 1. The van der Waals surface area contributed by atoms with Gasteiger partial charge in [-0.05, 0) is 124 Å². The topological polar surface area (TPSA) is 90.4 Å². The molecule has 0 amide bonds. The van der Waals surface area contributed by atoms with E-state index in [4.69, 9.17) is 23.2 Å². The Bertz CT molecular complexity index is 4280. The van der Waals surface area contributed by atoms with Crippen molar-refractivity contribution in [1.82, 2.24) is 14.5 Å². The number of phenols is 1. The number of aromatic nitrogens is 3. The number of fused-ring (bicyclic) bond motifs is 12. The standard InChI is InChI=1S/C62H43N3O4/c1-61(2)47-17-12-18-50(66)57(47)59-58(62(61,3)4)42(37-22-26-53-43(30-37)40-15-8-10-19-51(40)67-53)33-48(63-59)49-34-65(39-24-28-56-46(32-39)41-16-9-11-20-52(41)68-56)60(64-49)38-23-27-55-45(31-38)44-29-36(21-25-54(44)69-55)35-13-6-5-7-14-35/h5-34,66H,1-4H3. The van der Waals surface area contributed by atoms with Gasteiger partial charge in [0.1, 0.15) is 50.8 Å². The fourth-order valence-electron chi connectivity index (χ4n) is 11.1. The molecule has 5 heterocycles. The second kappa shape index (κ2) is 14.2. The molecule has 0 aliphatic heterocycles. The third-order valence-corrected chi connectivity index (χ3v) is 15.3. The molecular formula is C62H43N3O4. The molecule has 0 fully saturated rings. The number of phenolic OH excluding ortho intramolecular Hbond substituents is 1. The zero-order valence-corrected chi connectivity index (χ0v) is 38.3. The summed E-state index contributed by atoms with van der Waals surface area (Å²) >= 11 is 0. The van der Waals surface area contributed by atoms with Crippen molar-refractivity contribution in [3.8, 4) is 67.7 Å². The van der Waals surface area contributed by atoms with Crippen LogP contribution in [-0.2, 0) is 10.8 Å². The van der Waals surface area contributed by atoms with E-state index in [0.29, 0.717) is 11.4 Å². The van der Waals surface area contributed by atoms with Crippen LogP contribution in [0.25, 0.3) is 128 Å². The molecular weight excluding hydrogens is 851 g/mol. The summed E-state index contributed by atoms with van der Waals surface area (Å²) < 4.78 is 21.3. The molecule has 0 saturated carbocycles. The molecule has 7 heteroatoms. The molecule has 13 aromatic rings. The first kappa shape index (κ1) is 39.5. The Labute approximate surface area is 396 Å². The van der Waals surface area contributed by atoms with Gasteiger partial charge in [0.2, 0.25) is 0 Å². The average Bonchev–Trinajstić information content (AvgIpc) is 4.17. The molecule has 69 heavy (non-hydrogen) atoms. The molecule has 1 N–H and O–H groups in total. The summed E-state index contributed by atoms with van der Waals surface area (Å²) in [5.74, 6) is 0.941. The zero-order chi connectivity index (χ0) is 46.3. The number of benzene rings is 8. The molecule has 0 unspecified atom stereocenters. The number of para-hydroxylation sites is 2. The summed E-state index contributed by atoms with van der Waals surface area (Å²) in [5, 5.41) is 18.1. The zero-order valence-electron chi connectivity index (χ0n) is 38.3. The predicted molar refractivity (Wildman–Crippen MR) is 278 cm³/mol. The van der Waals surface area contributed by atoms with Crippen LogP contribution in [0.15, 0.2) is 195 Å². The number of nitrogens with zero attached hydrogens (tertiary/aromatic N) is 3. The Morgan fingerprint density at radius 3 is 1.68 bits per heavy atom. The summed E-state index contributed by atoms with van der Waals surface area (Å²) in [6.45, 7) is 9.15. The number of pyridine rings is 1. The van der Waals surface area contributed by atoms with Crippen LogP contribution in [0, 0.1) is 0 Å². The minimum atomic E-state index is -0.423. The molecule has 0 spiro atoms. The van der Waals surface area contributed by atoms with Gasteiger partial charge >= 0.3 is 0 Å². The maximum atomic E-state index is 11.9. The average molecular weight is 894 g/mol. The lowest BCUT2D eigenvalue weighted by atomic mass is 9.55. The lowest BCUT2D eigenvalue weighted by Crippen LogP contribution is -2.44. The first-order valence-corrected chi connectivity index (χ1v) is 23.4. The minimum Gasteiger partial charge on any atom is -0.507 e. The lowest BCUT2D eigenvalue weighted by molar-refractivity contribution is 0.297. The van der Waals surface area contributed by atoms with Crippen molar-refractivity contribution < 1.29 is 18.4 Å². The second-order valence-corrected chi connectivity index (χ2v) is 19.5. The van der Waals surface area contributed by atoms with Crippen LogP contribution in [-0.4, -0.2) is 19.6 Å². The Kier molecular flexibility index (Phi) is 8.11. The van der Waals surface area contributed by atoms with Gasteiger partial charge in [0.25, 0.3) is 0 Å². The Morgan fingerprint density at radius 2 is 0.986 bits per heavy atom. The highest BCUT2D eigenvalue weighted by atomic mass is 16.3. The Balaban J connectivity index is 1.03. The minimum absolute atomic E-state index is 0.201. The number of hydrogen-bond acceptors (Lipinski definition) is 6. The van der Waals surface area contributed by atoms with Crippen molar-refractivity contribution >= 4 is 65.8 Å². The van der Waals surface area contributed by atoms with Crippen LogP contribution in [0.4, 0.5) is 0 Å². The van der Waals surface area contributed by atoms with Crippen molar-refractivity contribution in [2.45, 2.75) is 38.5 Å². The number of rotatable bonds is 5. The molecule has 0 bridgehead atoms. The van der Waals surface area contributed by atoms with E-state index in [2.05, 4.69) is 154 Å². The fraction of sp³-hybridized carbons (Fsp3) is 0.0968. The lowest BCUT2D eigenvalue weighted by Gasteiger charge is -2.48. The van der Waals surface area contributed by atoms with E-state index in [1.807, 2.05) is 54.6 Å². The number of furan rings is 3. The van der Waals surface area contributed by atoms with Gasteiger partial charge in [-0.25, -0.2) is 9.97 Å². The van der Waals surface area contributed by atoms with Crippen molar-refractivity contribution in [3.05, 3.63) is 193 Å². The van der Waals surface area contributed by atoms with Crippen molar-refractivity contribution in [2.75, 3.05) is 0 Å². The van der Waals surface area contributed by atoms with E-state index in [-0.39, 0.29) is 11.2 Å². The van der Waals surface area contributed by atoms with E-state index >= 15 is 0 Å². The van der Waals surface area contributed by atoms with Gasteiger partial charge in [0.05, 0.1) is 11.4 Å². The van der Waals surface area contributed by atoms with Crippen molar-refractivity contribution in [2.24, 2.45) is 0 Å². The van der Waals surface area contributed by atoms with E-state index in [1.165, 1.54) is 0 Å². The third kappa shape index (κ3) is 5.74. The second-order valence-electron chi connectivity index (χ2n) is 19.5. The first-order chi connectivity index (χ1) is 33.6. The molecule has 7 nitrogen and oxygen atoms in total. The third-order valence-electron chi connectivity index (χ3n) is 15.3. The highest BCUT2D eigenvalue weighted by Gasteiger charge is 2.49. The van der Waals surface area contributed by atoms with Gasteiger partial charge < -0.3 is 18.4 Å². The summed E-state index contributed by atoms with van der Waals surface area (Å²) in [6, 6.07) is 60.3. The van der Waals surface area contributed by atoms with Crippen LogP contribution in [0.3, 0.4) is 0 Å². The van der Waals surface area contributed by atoms with Crippen molar-refractivity contribution in [3.63, 3.8) is 0 Å². The molecule has 330 valence electrons. The van der Waals surface area contributed by atoms with Crippen LogP contribution in [0.1, 0.15) is 38.8 Å². The Morgan fingerprint density at radius 1 is 0.435 bits per heavy atom. The molecule has 5 aromatic heterocycles. The summed E-state index contributed by atoms with van der Waals surface area (Å²) in [6.07, 6.45) is 2.10. The van der Waals surface area contributed by atoms with Gasteiger partial charge in [0.15, 0.2) is 0 Å². The highest BCUT2D eigenvalue weighted by molar-refractivity contribution is 6.09. The molecule has 0 atom stereocenters. The Hall–Kier alpha value is -8.68. The molecule has 1 aliphatic carbocycles. The van der Waals surface area contributed by atoms with Gasteiger partial charge in [-0.1, -0.05) is 119 Å². The fourth-order valence-corrected chi connectivity index (χ4v) is 11.1. The molecule has 1 aliphatic rings. The van der Waals surface area contributed by atoms with Gasteiger partial charge in [-0.15, -0.1) is 0 Å². The number of hydrogen-bond donors (Lipinski definition) is 1. The predicted octanol–water partition coefficient (Wildman–Crippen LogP) is 16.6. The molecule has 0 radical (unpaired) electrons. The highest BCUT2D eigenvalue weighted by Crippen LogP contribution is 2.58. The SMILES string of the molecule is CC1(C)c2cccc(O)c2-c2nc(-c3cn(-c4ccc5oc6ccccc6c5c4)c(-c4ccc5oc6ccc(-c7ccccc7)cc6c5c4)n3)cc(-c3ccc4oc5ccccc5c4c3)c2C1(C)C. The normalized spacial score (nSPS) is 14.1. The molecule has 8 aromatic carbocycles. The van der Waals surface area contributed by atoms with Crippen LogP contribution in [0.5, 0.6) is 5.75 Å². The maximum Gasteiger partial charge on any atom is 0.145 e. The van der Waals surface area contributed by atoms with E-state index < -0.39 is 5.41 Å². The van der Waals surface area contributed by atoms with E-state index in [9.17, 15) is 5.11 Å². The van der Waals surface area contributed by atoms with Crippen LogP contribution in [0.2, 0.25) is 0 Å². The monoisotopic (exact) mass is 893 g/mol. The largest absolute Gasteiger partial charge is 0.507 e. The van der Waals surface area contributed by atoms with E-state index in [1.54, 1.807) is 6.07 Å². The summed E-state index contributed by atoms with van der Waals surface area (Å²) in [5.41, 5.74) is 15.3. The number of imidazole rings is 1. The first-order valence-electron chi connectivity index (χ1n) is 23.4. The van der Waals surface area contributed by atoms with Crippen molar-refractivity contribution in [1.29, 1.82) is 0 Å². The quantitative estimate of drug-likeness (QED) is 0.185. The van der Waals surface area contributed by atoms with Gasteiger partial charge in [-0.2, -0.15) is 0 Å².